The quantitative estimate of drug-likeness (QED) is 0.630. The number of carbonyl (C=O) groups is 1. The Morgan fingerprint density at radius 3 is 2.82 bits per heavy atom. The molecule has 2 rings (SSSR count). The third kappa shape index (κ3) is 4.62. The number of anilines is 1. The number of hydrogen-bond donors (Lipinski definition) is 1. The molecule has 0 saturated heterocycles. The molecule has 0 aliphatic rings. The average molecular weight is 301 g/mol. The Hall–Kier alpha value is -2.30. The summed E-state index contributed by atoms with van der Waals surface area (Å²) >= 11 is 0. The van der Waals surface area contributed by atoms with Crippen molar-refractivity contribution in [3.05, 3.63) is 47.3 Å². The van der Waals surface area contributed by atoms with E-state index in [1.54, 1.807) is 4.68 Å². The first-order valence-corrected chi connectivity index (χ1v) is 7.59. The Bertz CT molecular complexity index is 635. The van der Waals surface area contributed by atoms with E-state index in [9.17, 15) is 4.79 Å². The van der Waals surface area contributed by atoms with Crippen molar-refractivity contribution in [2.75, 3.05) is 12.3 Å². The summed E-state index contributed by atoms with van der Waals surface area (Å²) in [5, 5.41) is 4.17. The van der Waals surface area contributed by atoms with E-state index in [-0.39, 0.29) is 5.97 Å². The van der Waals surface area contributed by atoms with Gasteiger partial charge < -0.3 is 10.5 Å². The molecule has 2 N–H and O–H groups in total. The van der Waals surface area contributed by atoms with Crippen LogP contribution in [-0.2, 0) is 29.4 Å². The fraction of sp³-hybridized carbons (Fsp3) is 0.412. The van der Waals surface area contributed by atoms with E-state index < -0.39 is 0 Å². The van der Waals surface area contributed by atoms with Crippen LogP contribution >= 0.6 is 0 Å². The van der Waals surface area contributed by atoms with Crippen LogP contribution in [0.25, 0.3) is 0 Å². The van der Waals surface area contributed by atoms with Gasteiger partial charge in [-0.05, 0) is 42.5 Å². The van der Waals surface area contributed by atoms with Crippen molar-refractivity contribution in [2.45, 2.75) is 32.6 Å². The van der Waals surface area contributed by atoms with E-state index in [4.69, 9.17) is 10.5 Å². The zero-order chi connectivity index (χ0) is 15.9. The molecular weight excluding hydrogens is 278 g/mol. The van der Waals surface area contributed by atoms with Crippen LogP contribution in [-0.4, -0.2) is 22.4 Å². The largest absolute Gasteiger partial charge is 0.466 e. The van der Waals surface area contributed by atoms with Crippen molar-refractivity contribution < 1.29 is 9.53 Å². The van der Waals surface area contributed by atoms with Crippen LogP contribution in [0.1, 0.15) is 36.5 Å². The minimum absolute atomic E-state index is 0.144. The summed E-state index contributed by atoms with van der Waals surface area (Å²) in [6.45, 7) is 2.25. The number of carbonyl (C=O) groups excluding carboxylic acids is 1. The Morgan fingerprint density at radius 2 is 2.18 bits per heavy atom. The Balaban J connectivity index is 1.90. The highest BCUT2D eigenvalue weighted by Gasteiger charge is 2.06. The average Bonchev–Trinajstić information content (AvgIpc) is 2.87. The van der Waals surface area contributed by atoms with Gasteiger partial charge in [0, 0.05) is 31.8 Å². The highest BCUT2D eigenvalue weighted by molar-refractivity contribution is 5.69. The normalized spacial score (nSPS) is 10.6. The SMILES string of the molecule is CCOC(=O)CCCc1ccc(Cc2cnn(C)c2)cc1N. The van der Waals surface area contributed by atoms with Crippen LogP contribution in [0, 0.1) is 0 Å². The molecule has 22 heavy (non-hydrogen) atoms. The third-order valence-electron chi connectivity index (χ3n) is 3.51. The Labute approximate surface area is 131 Å². The summed E-state index contributed by atoms with van der Waals surface area (Å²) in [6.07, 6.45) is 6.67. The molecule has 0 amide bonds. The lowest BCUT2D eigenvalue weighted by Gasteiger charge is -2.08. The number of benzene rings is 1. The van der Waals surface area contributed by atoms with E-state index in [0.717, 1.165) is 36.1 Å². The number of esters is 1. The molecule has 5 nitrogen and oxygen atoms in total. The zero-order valence-electron chi connectivity index (χ0n) is 13.2. The van der Waals surface area contributed by atoms with Crippen LogP contribution in [0.15, 0.2) is 30.6 Å². The molecule has 0 aliphatic carbocycles. The van der Waals surface area contributed by atoms with Gasteiger partial charge in [0.05, 0.1) is 12.8 Å². The van der Waals surface area contributed by atoms with Gasteiger partial charge in [-0.2, -0.15) is 5.10 Å². The number of aryl methyl sites for hydroxylation is 2. The Morgan fingerprint density at radius 1 is 1.36 bits per heavy atom. The highest BCUT2D eigenvalue weighted by atomic mass is 16.5. The minimum atomic E-state index is -0.144. The zero-order valence-corrected chi connectivity index (χ0v) is 13.2. The molecule has 0 unspecified atom stereocenters. The van der Waals surface area contributed by atoms with Gasteiger partial charge in [-0.1, -0.05) is 12.1 Å². The molecule has 118 valence electrons. The molecule has 0 saturated carbocycles. The van der Waals surface area contributed by atoms with E-state index in [0.29, 0.717) is 13.0 Å². The first-order chi connectivity index (χ1) is 10.6. The van der Waals surface area contributed by atoms with Crippen LogP contribution in [0.4, 0.5) is 5.69 Å². The summed E-state index contributed by atoms with van der Waals surface area (Å²) in [5.41, 5.74) is 10.3. The molecule has 0 spiro atoms. The third-order valence-corrected chi connectivity index (χ3v) is 3.51. The highest BCUT2D eigenvalue weighted by Crippen LogP contribution is 2.19. The molecule has 5 heteroatoms. The molecular formula is C17H23N3O2. The van der Waals surface area contributed by atoms with E-state index in [1.165, 1.54) is 5.56 Å². The molecule has 0 atom stereocenters. The van der Waals surface area contributed by atoms with Gasteiger partial charge in [-0.25, -0.2) is 0 Å². The number of aromatic nitrogens is 2. The second kappa shape index (κ2) is 7.64. The maximum atomic E-state index is 11.3. The predicted molar refractivity (Wildman–Crippen MR) is 86.4 cm³/mol. The van der Waals surface area contributed by atoms with Gasteiger partial charge in [0.25, 0.3) is 0 Å². The van der Waals surface area contributed by atoms with Crippen molar-refractivity contribution in [2.24, 2.45) is 7.05 Å². The Kier molecular flexibility index (Phi) is 5.58. The number of ether oxygens (including phenoxy) is 1. The van der Waals surface area contributed by atoms with Crippen LogP contribution in [0.3, 0.4) is 0 Å². The van der Waals surface area contributed by atoms with Crippen molar-refractivity contribution in [3.8, 4) is 0 Å². The number of nitrogens with zero attached hydrogens (tertiary/aromatic N) is 2. The summed E-state index contributed by atoms with van der Waals surface area (Å²) in [6, 6.07) is 6.14. The van der Waals surface area contributed by atoms with Gasteiger partial charge in [0.15, 0.2) is 0 Å². The number of nitrogen functional groups attached to an aromatic ring is 1. The van der Waals surface area contributed by atoms with E-state index >= 15 is 0 Å². The van der Waals surface area contributed by atoms with Gasteiger partial charge in [0.1, 0.15) is 0 Å². The predicted octanol–water partition coefficient (Wildman–Crippen LogP) is 2.48. The molecule has 2 aromatic rings. The van der Waals surface area contributed by atoms with E-state index in [1.807, 2.05) is 38.5 Å². The second-order valence-corrected chi connectivity index (χ2v) is 5.39. The van der Waals surface area contributed by atoms with Crippen molar-refractivity contribution >= 4 is 11.7 Å². The van der Waals surface area contributed by atoms with Gasteiger partial charge in [0.2, 0.25) is 0 Å². The fourth-order valence-electron chi connectivity index (χ4n) is 2.44. The fourth-order valence-corrected chi connectivity index (χ4v) is 2.44. The lowest BCUT2D eigenvalue weighted by Crippen LogP contribution is -2.04. The van der Waals surface area contributed by atoms with Crippen LogP contribution in [0.2, 0.25) is 0 Å². The molecule has 0 aliphatic heterocycles. The van der Waals surface area contributed by atoms with Gasteiger partial charge >= 0.3 is 5.97 Å². The van der Waals surface area contributed by atoms with Gasteiger partial charge in [-0.3, -0.25) is 9.48 Å². The molecule has 1 heterocycles. The van der Waals surface area contributed by atoms with Crippen molar-refractivity contribution in [1.82, 2.24) is 9.78 Å². The van der Waals surface area contributed by atoms with E-state index in [2.05, 4.69) is 11.2 Å². The number of rotatable bonds is 7. The summed E-state index contributed by atoms with van der Waals surface area (Å²) in [7, 11) is 1.91. The molecule has 0 radical (unpaired) electrons. The molecule has 1 aromatic heterocycles. The van der Waals surface area contributed by atoms with Crippen LogP contribution in [0.5, 0.6) is 0 Å². The second-order valence-electron chi connectivity index (χ2n) is 5.39. The maximum Gasteiger partial charge on any atom is 0.305 e. The first kappa shape index (κ1) is 16.1. The number of nitrogens with two attached hydrogens (primary N) is 1. The minimum Gasteiger partial charge on any atom is -0.466 e. The van der Waals surface area contributed by atoms with Gasteiger partial charge in [-0.15, -0.1) is 0 Å². The monoisotopic (exact) mass is 301 g/mol. The topological polar surface area (TPSA) is 70.1 Å². The lowest BCUT2D eigenvalue weighted by atomic mass is 10.0. The summed E-state index contributed by atoms with van der Waals surface area (Å²) in [4.78, 5) is 11.3. The summed E-state index contributed by atoms with van der Waals surface area (Å²) in [5.74, 6) is -0.144. The standard InChI is InChI=1S/C17H23N3O2/c1-3-22-17(21)6-4-5-15-8-7-13(10-16(15)18)9-14-11-19-20(2)12-14/h7-8,10-12H,3-6,9,18H2,1-2H3. The van der Waals surface area contributed by atoms with Crippen LogP contribution < -0.4 is 5.73 Å². The molecule has 1 aromatic carbocycles. The van der Waals surface area contributed by atoms with Crippen molar-refractivity contribution in [3.63, 3.8) is 0 Å². The molecule has 0 bridgehead atoms. The maximum absolute atomic E-state index is 11.3. The summed E-state index contributed by atoms with van der Waals surface area (Å²) < 4.78 is 6.71. The molecule has 0 fully saturated rings. The lowest BCUT2D eigenvalue weighted by molar-refractivity contribution is -0.143. The number of hydrogen-bond acceptors (Lipinski definition) is 4. The van der Waals surface area contributed by atoms with Crippen molar-refractivity contribution in [1.29, 1.82) is 0 Å². The first-order valence-electron chi connectivity index (χ1n) is 7.59. The smallest absolute Gasteiger partial charge is 0.305 e.